The smallest absolute Gasteiger partial charge is 0.244 e. The molecule has 0 aromatic heterocycles. The van der Waals surface area contributed by atoms with E-state index in [0.717, 1.165) is 11.3 Å². The van der Waals surface area contributed by atoms with Gasteiger partial charge in [0.25, 0.3) is 0 Å². The molecule has 0 bridgehead atoms. The molecule has 1 amide bonds. The van der Waals surface area contributed by atoms with Crippen LogP contribution in [0.4, 0.5) is 5.69 Å². The summed E-state index contributed by atoms with van der Waals surface area (Å²) in [4.78, 5) is 13.0. The molecule has 0 atom stereocenters. The number of rotatable bonds is 4. The zero-order chi connectivity index (χ0) is 15.5. The maximum absolute atomic E-state index is 11.4. The number of carbonyl (C=O) groups is 1. The highest BCUT2D eigenvalue weighted by atomic mass is 32.2. The molecule has 6 heteroatoms. The van der Waals surface area contributed by atoms with Crippen molar-refractivity contribution in [2.24, 2.45) is 5.73 Å². The first-order valence-electron chi connectivity index (χ1n) is 6.88. The first-order valence-corrected chi connectivity index (χ1v) is 8.70. The van der Waals surface area contributed by atoms with Gasteiger partial charge in [-0.15, -0.1) is 0 Å². The predicted molar refractivity (Wildman–Crippen MR) is 84.0 cm³/mol. The summed E-state index contributed by atoms with van der Waals surface area (Å²) in [7, 11) is -2.85. The number of amides is 1. The normalized spacial score (nSPS) is 18.5. The van der Waals surface area contributed by atoms with E-state index in [1.54, 1.807) is 6.92 Å². The second-order valence-electron chi connectivity index (χ2n) is 5.26. The molecule has 114 valence electrons. The van der Waals surface area contributed by atoms with Gasteiger partial charge in [0, 0.05) is 24.4 Å². The van der Waals surface area contributed by atoms with Gasteiger partial charge in [-0.05, 0) is 31.0 Å². The summed E-state index contributed by atoms with van der Waals surface area (Å²) in [5.74, 6) is 0.0334. The van der Waals surface area contributed by atoms with E-state index in [1.165, 1.54) is 0 Å². The van der Waals surface area contributed by atoms with Gasteiger partial charge < -0.3 is 10.6 Å². The van der Waals surface area contributed by atoms with Gasteiger partial charge in [0.15, 0.2) is 9.84 Å². The molecular weight excluding hydrogens is 288 g/mol. The van der Waals surface area contributed by atoms with Crippen molar-refractivity contribution < 1.29 is 13.2 Å². The zero-order valence-corrected chi connectivity index (χ0v) is 12.9. The monoisotopic (exact) mass is 308 g/mol. The number of benzene rings is 1. The zero-order valence-electron chi connectivity index (χ0n) is 12.1. The Hall–Kier alpha value is -1.82. The molecule has 2 rings (SSSR count). The van der Waals surface area contributed by atoms with Gasteiger partial charge in [0.1, 0.15) is 0 Å². The average Bonchev–Trinajstić information content (AvgIpc) is 2.45. The van der Waals surface area contributed by atoms with Gasteiger partial charge in [-0.25, -0.2) is 8.42 Å². The molecular formula is C15H20N2O3S. The number of anilines is 1. The maximum Gasteiger partial charge on any atom is 0.244 e. The lowest BCUT2D eigenvalue weighted by molar-refractivity contribution is -0.114. The Balaban J connectivity index is 2.00. The third-order valence-electron chi connectivity index (χ3n) is 3.68. The molecule has 2 N–H and O–H groups in total. The van der Waals surface area contributed by atoms with Crippen LogP contribution >= 0.6 is 0 Å². The summed E-state index contributed by atoms with van der Waals surface area (Å²) in [5, 5.41) is 0. The Morgan fingerprint density at radius 1 is 1.24 bits per heavy atom. The van der Waals surface area contributed by atoms with Gasteiger partial charge in [0.05, 0.1) is 11.5 Å². The molecule has 0 unspecified atom stereocenters. The maximum atomic E-state index is 11.4. The number of nitrogens with two attached hydrogens (primary N) is 1. The van der Waals surface area contributed by atoms with Crippen molar-refractivity contribution >= 4 is 21.4 Å². The minimum Gasteiger partial charge on any atom is -0.369 e. The summed E-state index contributed by atoms with van der Waals surface area (Å²) >= 11 is 0. The largest absolute Gasteiger partial charge is 0.369 e. The first-order chi connectivity index (χ1) is 9.87. The fourth-order valence-corrected chi connectivity index (χ4v) is 3.39. The lowest BCUT2D eigenvalue weighted by atomic mass is 10.1. The number of hydrogen-bond donors (Lipinski definition) is 1. The summed E-state index contributed by atoms with van der Waals surface area (Å²) < 4.78 is 22.8. The summed E-state index contributed by atoms with van der Waals surface area (Å²) in [6.45, 7) is 2.79. The highest BCUT2D eigenvalue weighted by Gasteiger charge is 2.21. The second kappa shape index (κ2) is 6.30. The third kappa shape index (κ3) is 4.32. The van der Waals surface area contributed by atoms with Crippen molar-refractivity contribution in [1.29, 1.82) is 0 Å². The fourth-order valence-electron chi connectivity index (χ4n) is 2.19. The van der Waals surface area contributed by atoms with E-state index in [1.807, 2.05) is 30.3 Å². The molecule has 1 aromatic carbocycles. The van der Waals surface area contributed by atoms with Crippen LogP contribution in [0.1, 0.15) is 12.5 Å². The summed E-state index contributed by atoms with van der Waals surface area (Å²) in [6, 6.07) is 7.95. The van der Waals surface area contributed by atoms with Crippen molar-refractivity contribution in [3.05, 3.63) is 41.5 Å². The third-order valence-corrected chi connectivity index (χ3v) is 5.29. The number of carbonyl (C=O) groups excluding carboxylic acids is 1. The van der Waals surface area contributed by atoms with E-state index in [0.29, 0.717) is 25.1 Å². The van der Waals surface area contributed by atoms with Crippen LogP contribution in [0.25, 0.3) is 0 Å². The molecule has 1 aromatic rings. The molecule has 1 aliphatic rings. The molecule has 1 heterocycles. The quantitative estimate of drug-likeness (QED) is 0.838. The van der Waals surface area contributed by atoms with Crippen LogP contribution in [0.2, 0.25) is 0 Å². The standard InChI is InChI=1S/C15H20N2O3S/c1-12(15(16)18)2-3-13-4-6-14(7-5-13)17-8-10-21(19,20)11-9-17/h2,4-7H,3,8-11H2,1H3,(H2,16,18). The Morgan fingerprint density at radius 2 is 1.81 bits per heavy atom. The number of nitrogens with zero attached hydrogens (tertiary/aromatic N) is 1. The number of sulfone groups is 1. The SMILES string of the molecule is CC(=CCc1ccc(N2CCS(=O)(=O)CC2)cc1)C(N)=O. The molecule has 0 aliphatic carbocycles. The number of hydrogen-bond acceptors (Lipinski definition) is 4. The van der Waals surface area contributed by atoms with Gasteiger partial charge in [0.2, 0.25) is 5.91 Å². The van der Waals surface area contributed by atoms with Gasteiger partial charge >= 0.3 is 0 Å². The molecule has 21 heavy (non-hydrogen) atoms. The van der Waals surface area contributed by atoms with Gasteiger partial charge in [-0.3, -0.25) is 4.79 Å². The summed E-state index contributed by atoms with van der Waals surface area (Å²) in [5.41, 5.74) is 7.86. The van der Waals surface area contributed by atoms with E-state index in [9.17, 15) is 13.2 Å². The highest BCUT2D eigenvalue weighted by Crippen LogP contribution is 2.18. The minimum absolute atomic E-state index is 0.218. The van der Waals surface area contributed by atoms with Gasteiger partial charge in [-0.2, -0.15) is 0 Å². The molecule has 0 radical (unpaired) electrons. The Labute approximate surface area is 125 Å². The molecule has 0 spiro atoms. The van der Waals surface area contributed by atoms with Crippen LogP contribution in [0, 0.1) is 0 Å². The van der Waals surface area contributed by atoms with Gasteiger partial charge in [-0.1, -0.05) is 18.2 Å². The topological polar surface area (TPSA) is 80.5 Å². The van der Waals surface area contributed by atoms with Crippen molar-refractivity contribution in [2.45, 2.75) is 13.3 Å². The Kier molecular flexibility index (Phi) is 4.67. The molecule has 5 nitrogen and oxygen atoms in total. The Morgan fingerprint density at radius 3 is 2.33 bits per heavy atom. The van der Waals surface area contributed by atoms with Crippen LogP contribution in [-0.4, -0.2) is 38.9 Å². The van der Waals surface area contributed by atoms with Crippen LogP contribution in [0.3, 0.4) is 0 Å². The lowest BCUT2D eigenvalue weighted by Gasteiger charge is -2.28. The second-order valence-corrected chi connectivity index (χ2v) is 7.56. The van der Waals surface area contributed by atoms with E-state index >= 15 is 0 Å². The molecule has 0 saturated carbocycles. The fraction of sp³-hybridized carbons (Fsp3) is 0.400. The van der Waals surface area contributed by atoms with Crippen molar-refractivity contribution in [2.75, 3.05) is 29.5 Å². The molecule has 1 fully saturated rings. The Bertz CT molecular complexity index is 634. The van der Waals surface area contributed by atoms with E-state index in [4.69, 9.17) is 5.73 Å². The van der Waals surface area contributed by atoms with Crippen LogP contribution in [-0.2, 0) is 21.1 Å². The van der Waals surface area contributed by atoms with Crippen LogP contribution in [0.5, 0.6) is 0 Å². The van der Waals surface area contributed by atoms with Crippen molar-refractivity contribution in [3.63, 3.8) is 0 Å². The number of primary amides is 1. The molecule has 1 aliphatic heterocycles. The van der Waals surface area contributed by atoms with E-state index in [-0.39, 0.29) is 11.5 Å². The average molecular weight is 308 g/mol. The number of allylic oxidation sites excluding steroid dienone is 1. The summed E-state index contributed by atoms with van der Waals surface area (Å²) in [6.07, 6.45) is 2.47. The first kappa shape index (κ1) is 15.6. The highest BCUT2D eigenvalue weighted by molar-refractivity contribution is 7.91. The van der Waals surface area contributed by atoms with Crippen molar-refractivity contribution in [1.82, 2.24) is 0 Å². The van der Waals surface area contributed by atoms with Crippen LogP contribution in [0.15, 0.2) is 35.9 Å². The van der Waals surface area contributed by atoms with Crippen LogP contribution < -0.4 is 10.6 Å². The minimum atomic E-state index is -2.85. The van der Waals surface area contributed by atoms with Crippen molar-refractivity contribution in [3.8, 4) is 0 Å². The van der Waals surface area contributed by atoms with E-state index in [2.05, 4.69) is 4.90 Å². The predicted octanol–water partition coefficient (Wildman–Crippen LogP) is 0.896. The molecule has 1 saturated heterocycles. The van der Waals surface area contributed by atoms with E-state index < -0.39 is 15.7 Å². The lowest BCUT2D eigenvalue weighted by Crippen LogP contribution is -2.40.